The van der Waals surface area contributed by atoms with Crippen LogP contribution < -0.4 is 15.8 Å². The fourth-order valence-corrected chi connectivity index (χ4v) is 2.73. The van der Waals surface area contributed by atoms with Crippen LogP contribution in [0.15, 0.2) is 31.8 Å². The molecular weight excluding hydrogens is 357 g/mol. The number of amides is 1. The lowest BCUT2D eigenvalue weighted by Gasteiger charge is -2.29. The minimum absolute atomic E-state index is 0.112. The summed E-state index contributed by atoms with van der Waals surface area (Å²) < 4.78 is 20.1. The van der Waals surface area contributed by atoms with Crippen LogP contribution in [-0.4, -0.2) is 30.0 Å². The van der Waals surface area contributed by atoms with Gasteiger partial charge in [-0.2, -0.15) is 0 Å². The molecule has 0 fully saturated rings. The van der Waals surface area contributed by atoms with Gasteiger partial charge in [0.2, 0.25) is 5.91 Å². The Morgan fingerprint density at radius 2 is 2.15 bits per heavy atom. The second-order valence-corrected chi connectivity index (χ2v) is 6.04. The van der Waals surface area contributed by atoms with Crippen LogP contribution in [0.1, 0.15) is 40.8 Å². The Morgan fingerprint density at radius 1 is 1.37 bits per heavy atom. The molecule has 1 aromatic carbocycles. The summed E-state index contributed by atoms with van der Waals surface area (Å²) in [5, 5.41) is 12.8. The molecule has 9 nitrogen and oxygen atoms in total. The number of nitrogens with one attached hydrogen (secondary N) is 1. The number of esters is 1. The lowest BCUT2D eigenvalue weighted by molar-refractivity contribution is -0.121. The molecule has 0 aliphatic carbocycles. The van der Waals surface area contributed by atoms with Crippen molar-refractivity contribution in [2.24, 2.45) is 0 Å². The molecule has 1 aliphatic rings. The molecule has 10 heteroatoms. The smallest absolute Gasteiger partial charge is 0.534 e. The van der Waals surface area contributed by atoms with E-state index in [4.69, 9.17) is 18.2 Å². The fraction of sp³-hybridized carbons (Fsp3) is 0.353. The summed E-state index contributed by atoms with van der Waals surface area (Å²) in [7, 11) is -1.30. The van der Waals surface area contributed by atoms with Crippen molar-refractivity contribution >= 4 is 19.0 Å². The Labute approximate surface area is 154 Å². The van der Waals surface area contributed by atoms with E-state index in [1.54, 1.807) is 19.1 Å². The van der Waals surface area contributed by atoms with Gasteiger partial charge in [-0.1, -0.05) is 19.1 Å². The molecule has 0 bridgehead atoms. The third-order valence-electron chi connectivity index (χ3n) is 4.18. The van der Waals surface area contributed by atoms with E-state index in [0.29, 0.717) is 12.0 Å². The van der Waals surface area contributed by atoms with Gasteiger partial charge >= 0.3 is 18.9 Å². The summed E-state index contributed by atoms with van der Waals surface area (Å²) >= 11 is 0. The molecule has 1 aliphatic heterocycles. The van der Waals surface area contributed by atoms with Crippen LogP contribution in [0.5, 0.6) is 5.75 Å². The monoisotopic (exact) mass is 375 g/mol. The fourth-order valence-electron chi connectivity index (χ4n) is 2.73. The summed E-state index contributed by atoms with van der Waals surface area (Å²) in [5.74, 6) is -1.87. The van der Waals surface area contributed by atoms with E-state index < -0.39 is 24.9 Å². The van der Waals surface area contributed by atoms with Crippen LogP contribution in [0.3, 0.4) is 0 Å². The van der Waals surface area contributed by atoms with Crippen molar-refractivity contribution in [2.45, 2.75) is 39.2 Å². The average molecular weight is 375 g/mol. The number of hydrogen-bond acceptors (Lipinski definition) is 8. The lowest BCUT2D eigenvalue weighted by Crippen LogP contribution is -2.53. The van der Waals surface area contributed by atoms with Gasteiger partial charge in [0.1, 0.15) is 11.3 Å². The molecule has 0 spiro atoms. The van der Waals surface area contributed by atoms with Gasteiger partial charge in [-0.3, -0.25) is 4.79 Å². The molecule has 2 aromatic rings. The molecule has 2 heterocycles. The van der Waals surface area contributed by atoms with E-state index >= 15 is 0 Å². The van der Waals surface area contributed by atoms with Crippen LogP contribution in [0.4, 0.5) is 0 Å². The zero-order chi connectivity index (χ0) is 19.6. The van der Waals surface area contributed by atoms with Crippen LogP contribution >= 0.6 is 0 Å². The van der Waals surface area contributed by atoms with E-state index in [1.807, 2.05) is 0 Å². The first-order chi connectivity index (χ1) is 12.9. The quantitative estimate of drug-likeness (QED) is 0.579. The Bertz CT molecular complexity index is 918. The Morgan fingerprint density at radius 3 is 2.81 bits per heavy atom. The summed E-state index contributed by atoms with van der Waals surface area (Å²) in [6.45, 7) is 2.94. The Kier molecular flexibility index (Phi) is 5.36. The van der Waals surface area contributed by atoms with Gasteiger partial charge < -0.3 is 28.6 Å². The third-order valence-corrected chi connectivity index (χ3v) is 4.18. The van der Waals surface area contributed by atoms with Gasteiger partial charge in [-0.25, -0.2) is 9.59 Å². The Balaban J connectivity index is 1.75. The summed E-state index contributed by atoms with van der Waals surface area (Å²) in [6.07, 6.45) is 0.588. The molecule has 1 amide bonds. The molecule has 0 saturated heterocycles. The van der Waals surface area contributed by atoms with Crippen molar-refractivity contribution in [3.63, 3.8) is 0 Å². The molecule has 0 radical (unpaired) electrons. The number of fused-ring (bicyclic) bond motifs is 1. The van der Waals surface area contributed by atoms with Crippen molar-refractivity contribution in [1.82, 2.24) is 5.32 Å². The number of benzene rings is 1. The van der Waals surface area contributed by atoms with Gasteiger partial charge in [-0.15, -0.1) is 0 Å². The number of ether oxygens (including phenoxy) is 1. The largest absolute Gasteiger partial charge is 0.547 e. The number of para-hydroxylation sites is 1. The van der Waals surface area contributed by atoms with Crippen molar-refractivity contribution in [3.05, 3.63) is 51.5 Å². The SMILES string of the molecule is CCC(=O)N[C@H]1Cc2cccc(C(=O)OCc3oc(=O)oc3C)c2OB1O. The normalized spacial score (nSPS) is 15.7. The topological polar surface area (TPSA) is 128 Å². The highest BCUT2D eigenvalue weighted by Crippen LogP contribution is 2.30. The zero-order valence-corrected chi connectivity index (χ0v) is 14.8. The number of rotatable bonds is 5. The van der Waals surface area contributed by atoms with Crippen molar-refractivity contribution in [2.75, 3.05) is 0 Å². The molecule has 27 heavy (non-hydrogen) atoms. The van der Waals surface area contributed by atoms with Crippen LogP contribution in [0.25, 0.3) is 0 Å². The van der Waals surface area contributed by atoms with Crippen molar-refractivity contribution in [1.29, 1.82) is 0 Å². The van der Waals surface area contributed by atoms with E-state index in [2.05, 4.69) is 5.32 Å². The Hall–Kier alpha value is -3.01. The second-order valence-electron chi connectivity index (χ2n) is 6.04. The van der Waals surface area contributed by atoms with Gasteiger partial charge in [0.25, 0.3) is 0 Å². The van der Waals surface area contributed by atoms with Crippen molar-refractivity contribution in [3.8, 4) is 5.75 Å². The summed E-state index contributed by atoms with van der Waals surface area (Å²) in [5.41, 5.74) is 0.775. The maximum atomic E-state index is 12.4. The molecule has 1 atom stereocenters. The minimum atomic E-state index is -1.30. The average Bonchev–Trinajstić information content (AvgIpc) is 2.97. The molecule has 0 unspecified atom stereocenters. The molecule has 0 saturated carbocycles. The second kappa shape index (κ2) is 7.71. The number of carbonyl (C=O) groups is 2. The highest BCUT2D eigenvalue weighted by atomic mass is 16.6. The number of carbonyl (C=O) groups excluding carboxylic acids is 2. The predicted molar refractivity (Wildman–Crippen MR) is 92.1 cm³/mol. The van der Waals surface area contributed by atoms with E-state index in [-0.39, 0.29) is 41.8 Å². The molecule has 1 aromatic heterocycles. The molecular formula is C17H18BNO8. The lowest BCUT2D eigenvalue weighted by atomic mass is 9.72. The third kappa shape index (κ3) is 4.06. The van der Waals surface area contributed by atoms with Crippen LogP contribution in [0.2, 0.25) is 0 Å². The first-order valence-electron chi connectivity index (χ1n) is 8.41. The van der Waals surface area contributed by atoms with Gasteiger partial charge in [0.15, 0.2) is 18.1 Å². The summed E-state index contributed by atoms with van der Waals surface area (Å²) in [6, 6.07) is 4.89. The molecule has 2 N–H and O–H groups in total. The highest BCUT2D eigenvalue weighted by Gasteiger charge is 2.37. The number of hydrogen-bond donors (Lipinski definition) is 2. The molecule has 142 valence electrons. The maximum Gasteiger partial charge on any atom is 0.547 e. The van der Waals surface area contributed by atoms with Gasteiger partial charge in [-0.05, 0) is 25.0 Å². The first-order valence-corrected chi connectivity index (χ1v) is 8.41. The van der Waals surface area contributed by atoms with E-state index in [0.717, 1.165) is 0 Å². The van der Waals surface area contributed by atoms with E-state index in [9.17, 15) is 19.4 Å². The van der Waals surface area contributed by atoms with Gasteiger partial charge in [0.05, 0.1) is 5.94 Å². The standard InChI is InChI=1S/C17H18BNO8/c1-3-14(20)19-13-7-10-5-4-6-11(15(10)27-18(13)23)16(21)24-8-12-9(2)25-17(22)26-12/h4-6,13,23H,3,7-8H2,1-2H3,(H,19,20)/t13-/m0/s1. The van der Waals surface area contributed by atoms with E-state index in [1.165, 1.54) is 13.0 Å². The highest BCUT2D eigenvalue weighted by molar-refractivity contribution is 6.47. The van der Waals surface area contributed by atoms with Crippen molar-refractivity contribution < 1.29 is 32.8 Å². The predicted octanol–water partition coefficient (Wildman–Crippen LogP) is 0.748. The number of aryl methyl sites for hydroxylation is 1. The minimum Gasteiger partial charge on any atom is -0.534 e. The maximum absolute atomic E-state index is 12.4. The zero-order valence-electron chi connectivity index (χ0n) is 14.8. The van der Waals surface area contributed by atoms with Crippen LogP contribution in [0, 0.1) is 6.92 Å². The summed E-state index contributed by atoms with van der Waals surface area (Å²) in [4.78, 5) is 35.0. The first kappa shape index (κ1) is 18.8. The van der Waals surface area contributed by atoms with Crippen LogP contribution in [-0.2, 0) is 22.6 Å². The van der Waals surface area contributed by atoms with Gasteiger partial charge in [0, 0.05) is 6.42 Å². The molecule has 3 rings (SSSR count).